The van der Waals surface area contributed by atoms with Gasteiger partial charge in [0.2, 0.25) is 0 Å². The van der Waals surface area contributed by atoms with Crippen molar-refractivity contribution in [3.05, 3.63) is 34.1 Å². The number of benzene rings is 1. The number of ether oxygens (including phenoxy) is 1. The van der Waals surface area contributed by atoms with Gasteiger partial charge in [-0.25, -0.2) is 4.39 Å². The van der Waals surface area contributed by atoms with Crippen LogP contribution in [0.5, 0.6) is 0 Å². The molecule has 1 aliphatic carbocycles. The number of hydrogen-bond donors (Lipinski definition) is 1. The van der Waals surface area contributed by atoms with E-state index in [0.717, 1.165) is 10.0 Å². The zero-order valence-electron chi connectivity index (χ0n) is 12.9. The Morgan fingerprint density at radius 1 is 1.33 bits per heavy atom. The first-order valence-corrected chi connectivity index (χ1v) is 8.59. The Hall–Kier alpha value is -0.450. The number of rotatable bonds is 6. The fourth-order valence-electron chi connectivity index (χ4n) is 3.45. The van der Waals surface area contributed by atoms with E-state index in [1.54, 1.807) is 7.11 Å². The summed E-state index contributed by atoms with van der Waals surface area (Å²) in [4.78, 5) is 0. The summed E-state index contributed by atoms with van der Waals surface area (Å²) in [6.07, 6.45) is 7.15. The Labute approximate surface area is 135 Å². The highest BCUT2D eigenvalue weighted by Gasteiger charge is 2.30. The number of halogens is 2. The molecule has 2 rings (SSSR count). The van der Waals surface area contributed by atoms with E-state index in [0.29, 0.717) is 12.3 Å². The number of methoxy groups -OCH3 is 1. The predicted molar refractivity (Wildman–Crippen MR) is 88.0 cm³/mol. The third kappa shape index (κ3) is 4.51. The highest BCUT2D eigenvalue weighted by molar-refractivity contribution is 9.10. The lowest BCUT2D eigenvalue weighted by Crippen LogP contribution is -2.45. The van der Waals surface area contributed by atoms with Gasteiger partial charge < -0.3 is 10.1 Å². The minimum atomic E-state index is -0.150. The van der Waals surface area contributed by atoms with Crippen molar-refractivity contribution >= 4 is 15.9 Å². The first kappa shape index (κ1) is 16.9. The van der Waals surface area contributed by atoms with Crippen molar-refractivity contribution in [3.63, 3.8) is 0 Å². The van der Waals surface area contributed by atoms with Crippen LogP contribution >= 0.6 is 15.9 Å². The molecule has 1 fully saturated rings. The summed E-state index contributed by atoms with van der Waals surface area (Å²) in [5.41, 5.74) is 0.746. The Bertz CT molecular complexity index is 448. The molecule has 1 aromatic carbocycles. The van der Waals surface area contributed by atoms with Gasteiger partial charge in [0.15, 0.2) is 0 Å². The zero-order valence-corrected chi connectivity index (χ0v) is 14.5. The summed E-state index contributed by atoms with van der Waals surface area (Å²) in [7, 11) is 3.72. The number of likely N-dealkylation sites (N-methyl/N-ethyl adjacent to an activating group) is 1. The summed E-state index contributed by atoms with van der Waals surface area (Å²) in [6.45, 7) is 0. The molecule has 1 N–H and O–H groups in total. The first-order valence-electron chi connectivity index (χ1n) is 7.79. The maximum absolute atomic E-state index is 14.1. The minimum Gasteiger partial charge on any atom is -0.380 e. The van der Waals surface area contributed by atoms with Crippen molar-refractivity contribution in [2.24, 2.45) is 5.92 Å². The first-order chi connectivity index (χ1) is 10.2. The van der Waals surface area contributed by atoms with Crippen LogP contribution < -0.4 is 5.32 Å². The van der Waals surface area contributed by atoms with Gasteiger partial charge >= 0.3 is 0 Å². The van der Waals surface area contributed by atoms with Gasteiger partial charge in [-0.05, 0) is 49.9 Å². The minimum absolute atomic E-state index is 0.147. The smallest absolute Gasteiger partial charge is 0.127 e. The molecule has 1 saturated carbocycles. The molecule has 0 spiro atoms. The van der Waals surface area contributed by atoms with Crippen LogP contribution in [0.4, 0.5) is 4.39 Å². The third-order valence-corrected chi connectivity index (χ3v) is 5.10. The zero-order chi connectivity index (χ0) is 15.2. The summed E-state index contributed by atoms with van der Waals surface area (Å²) in [5, 5.41) is 3.34. The quantitative estimate of drug-likeness (QED) is 0.818. The van der Waals surface area contributed by atoms with Crippen LogP contribution in [0.3, 0.4) is 0 Å². The molecule has 2 unspecified atom stereocenters. The van der Waals surface area contributed by atoms with Gasteiger partial charge in [0, 0.05) is 17.6 Å². The van der Waals surface area contributed by atoms with Crippen molar-refractivity contribution in [3.8, 4) is 0 Å². The maximum Gasteiger partial charge on any atom is 0.127 e. The molecule has 1 aromatic rings. The van der Waals surface area contributed by atoms with E-state index >= 15 is 0 Å². The Kier molecular flexibility index (Phi) is 6.65. The summed E-state index contributed by atoms with van der Waals surface area (Å²) in [5.74, 6) is 0.433. The molecule has 0 aromatic heterocycles. The molecule has 0 saturated heterocycles. The third-order valence-electron chi connectivity index (χ3n) is 4.61. The van der Waals surface area contributed by atoms with Crippen molar-refractivity contribution in [1.29, 1.82) is 0 Å². The standard InChI is InChI=1S/C17H25BrFNO/c1-20-16(10-13-8-9-14(18)11-15(13)19)17(21-2)12-6-4-3-5-7-12/h8-9,11-12,16-17,20H,3-7,10H2,1-2H3. The van der Waals surface area contributed by atoms with E-state index in [2.05, 4.69) is 21.2 Å². The summed E-state index contributed by atoms with van der Waals surface area (Å²) >= 11 is 3.30. The molecule has 2 nitrogen and oxygen atoms in total. The van der Waals surface area contributed by atoms with Crippen LogP contribution in [-0.2, 0) is 11.2 Å². The van der Waals surface area contributed by atoms with Gasteiger partial charge in [0.05, 0.1) is 6.10 Å². The van der Waals surface area contributed by atoms with Crippen LogP contribution in [0, 0.1) is 11.7 Å². The average molecular weight is 358 g/mol. The Morgan fingerprint density at radius 2 is 2.05 bits per heavy atom. The van der Waals surface area contributed by atoms with Gasteiger partial charge in [0.1, 0.15) is 5.82 Å². The molecule has 0 amide bonds. The second-order valence-electron chi connectivity index (χ2n) is 5.93. The Morgan fingerprint density at radius 3 is 2.62 bits per heavy atom. The van der Waals surface area contributed by atoms with Gasteiger partial charge in [0.25, 0.3) is 0 Å². The van der Waals surface area contributed by atoms with Crippen LogP contribution in [0.15, 0.2) is 22.7 Å². The lowest BCUT2D eigenvalue weighted by Gasteiger charge is -2.35. The summed E-state index contributed by atoms with van der Waals surface area (Å²) < 4.78 is 20.6. The van der Waals surface area contributed by atoms with Crippen LogP contribution in [-0.4, -0.2) is 26.3 Å². The van der Waals surface area contributed by atoms with E-state index in [1.165, 1.54) is 38.2 Å². The number of hydrogen-bond acceptors (Lipinski definition) is 2. The van der Waals surface area contributed by atoms with Gasteiger partial charge in [-0.3, -0.25) is 0 Å². The molecular formula is C17H25BrFNO. The maximum atomic E-state index is 14.1. The van der Waals surface area contributed by atoms with Crippen molar-refractivity contribution in [2.75, 3.05) is 14.2 Å². The molecule has 0 aliphatic heterocycles. The van der Waals surface area contributed by atoms with Crippen molar-refractivity contribution < 1.29 is 9.13 Å². The highest BCUT2D eigenvalue weighted by atomic mass is 79.9. The molecule has 118 valence electrons. The average Bonchev–Trinajstić information content (AvgIpc) is 2.50. The molecular weight excluding hydrogens is 333 g/mol. The lowest BCUT2D eigenvalue weighted by atomic mass is 9.81. The van der Waals surface area contributed by atoms with Crippen LogP contribution in [0.1, 0.15) is 37.7 Å². The largest absolute Gasteiger partial charge is 0.380 e. The fourth-order valence-corrected chi connectivity index (χ4v) is 3.79. The van der Waals surface area contributed by atoms with Crippen LogP contribution in [0.25, 0.3) is 0 Å². The highest BCUT2D eigenvalue weighted by Crippen LogP contribution is 2.30. The monoisotopic (exact) mass is 357 g/mol. The van der Waals surface area contributed by atoms with Crippen LogP contribution in [0.2, 0.25) is 0 Å². The molecule has 0 radical (unpaired) electrons. The van der Waals surface area contributed by atoms with Crippen molar-refractivity contribution in [2.45, 2.75) is 50.7 Å². The molecule has 2 atom stereocenters. The van der Waals surface area contributed by atoms with Crippen molar-refractivity contribution in [1.82, 2.24) is 5.32 Å². The fraction of sp³-hybridized carbons (Fsp3) is 0.647. The van der Waals surface area contributed by atoms with E-state index in [1.807, 2.05) is 19.2 Å². The molecule has 4 heteroatoms. The molecule has 0 bridgehead atoms. The van der Waals surface area contributed by atoms with E-state index < -0.39 is 0 Å². The second-order valence-corrected chi connectivity index (χ2v) is 6.85. The van der Waals surface area contributed by atoms with Gasteiger partial charge in [-0.15, -0.1) is 0 Å². The molecule has 1 aliphatic rings. The Balaban J connectivity index is 2.09. The topological polar surface area (TPSA) is 21.3 Å². The van der Waals surface area contributed by atoms with E-state index in [-0.39, 0.29) is 18.0 Å². The normalized spacial score (nSPS) is 19.4. The van der Waals surface area contributed by atoms with E-state index in [4.69, 9.17) is 4.74 Å². The van der Waals surface area contributed by atoms with E-state index in [9.17, 15) is 4.39 Å². The molecule has 21 heavy (non-hydrogen) atoms. The predicted octanol–water partition coefficient (Wildman–Crippen LogP) is 4.31. The number of nitrogens with one attached hydrogen (secondary N) is 1. The summed E-state index contributed by atoms with van der Waals surface area (Å²) in [6, 6.07) is 5.43. The molecule has 0 heterocycles. The van der Waals surface area contributed by atoms with Gasteiger partial charge in [-0.1, -0.05) is 41.3 Å². The lowest BCUT2D eigenvalue weighted by molar-refractivity contribution is 0.00998. The SMILES string of the molecule is CNC(Cc1ccc(Br)cc1F)C(OC)C1CCCCC1. The second kappa shape index (κ2) is 8.25. The van der Waals surface area contributed by atoms with Gasteiger partial charge in [-0.2, -0.15) is 0 Å².